The van der Waals surface area contributed by atoms with E-state index in [0.29, 0.717) is 19.3 Å². The minimum Gasteiger partial charge on any atom is -0.462 e. The van der Waals surface area contributed by atoms with Crippen LogP contribution in [0.5, 0.6) is 0 Å². The molecule has 0 aromatic heterocycles. The third-order valence-corrected chi connectivity index (χ3v) is 13.6. The van der Waals surface area contributed by atoms with Crippen LogP contribution in [0.15, 0.2) is 146 Å². The first-order valence-electron chi connectivity index (χ1n) is 32.8. The molecular formula is C74H120O6. The largest absolute Gasteiger partial charge is 0.462 e. The molecule has 0 saturated heterocycles. The lowest BCUT2D eigenvalue weighted by Crippen LogP contribution is -2.30. The molecule has 6 nitrogen and oxygen atoms in total. The van der Waals surface area contributed by atoms with Crippen molar-refractivity contribution >= 4 is 17.9 Å². The van der Waals surface area contributed by atoms with Crippen molar-refractivity contribution in [2.45, 2.75) is 290 Å². The highest BCUT2D eigenvalue weighted by Gasteiger charge is 2.19. The molecule has 452 valence electrons. The van der Waals surface area contributed by atoms with Crippen molar-refractivity contribution in [2.24, 2.45) is 0 Å². The van der Waals surface area contributed by atoms with E-state index in [0.717, 1.165) is 148 Å². The predicted molar refractivity (Wildman–Crippen MR) is 348 cm³/mol. The van der Waals surface area contributed by atoms with Crippen LogP contribution in [0.2, 0.25) is 0 Å². The Balaban J connectivity index is 4.11. The number of hydrogen-bond donors (Lipinski definition) is 0. The van der Waals surface area contributed by atoms with E-state index in [1.54, 1.807) is 0 Å². The Morgan fingerprint density at radius 3 is 0.762 bits per heavy atom. The Hall–Kier alpha value is -4.71. The zero-order valence-electron chi connectivity index (χ0n) is 51.8. The van der Waals surface area contributed by atoms with E-state index >= 15 is 0 Å². The Morgan fingerprint density at radius 2 is 0.487 bits per heavy atom. The van der Waals surface area contributed by atoms with Gasteiger partial charge in [-0.1, -0.05) is 289 Å². The van der Waals surface area contributed by atoms with Gasteiger partial charge in [-0.15, -0.1) is 0 Å². The third-order valence-electron chi connectivity index (χ3n) is 13.6. The Bertz CT molecular complexity index is 1750. The Labute approximate surface area is 493 Å². The number of unbranched alkanes of at least 4 members (excludes halogenated alkanes) is 23. The second-order valence-electron chi connectivity index (χ2n) is 21.3. The number of hydrogen-bond acceptors (Lipinski definition) is 6. The van der Waals surface area contributed by atoms with Crippen molar-refractivity contribution in [3.8, 4) is 0 Å². The first-order valence-corrected chi connectivity index (χ1v) is 32.8. The van der Waals surface area contributed by atoms with Crippen molar-refractivity contribution in [1.82, 2.24) is 0 Å². The van der Waals surface area contributed by atoms with E-state index < -0.39 is 6.10 Å². The summed E-state index contributed by atoms with van der Waals surface area (Å²) < 4.78 is 16.8. The minimum absolute atomic E-state index is 0.0913. The average molecular weight is 1110 g/mol. The molecule has 0 fully saturated rings. The van der Waals surface area contributed by atoms with Crippen molar-refractivity contribution < 1.29 is 28.6 Å². The summed E-state index contributed by atoms with van der Waals surface area (Å²) in [5.74, 6) is -0.926. The average Bonchev–Trinajstić information content (AvgIpc) is 3.46. The van der Waals surface area contributed by atoms with Gasteiger partial charge in [0.05, 0.1) is 0 Å². The number of carbonyl (C=O) groups excluding carboxylic acids is 3. The van der Waals surface area contributed by atoms with E-state index in [1.165, 1.54) is 96.3 Å². The van der Waals surface area contributed by atoms with Gasteiger partial charge < -0.3 is 14.2 Å². The molecule has 0 spiro atoms. The van der Waals surface area contributed by atoms with Crippen molar-refractivity contribution in [2.75, 3.05) is 13.2 Å². The van der Waals surface area contributed by atoms with Crippen LogP contribution in [0.3, 0.4) is 0 Å². The molecular weight excluding hydrogens is 985 g/mol. The summed E-state index contributed by atoms with van der Waals surface area (Å²) >= 11 is 0. The highest BCUT2D eigenvalue weighted by atomic mass is 16.6. The zero-order valence-corrected chi connectivity index (χ0v) is 51.8. The van der Waals surface area contributed by atoms with Crippen LogP contribution in [0.1, 0.15) is 284 Å². The van der Waals surface area contributed by atoms with Crippen LogP contribution in [0.4, 0.5) is 0 Å². The summed E-state index contributed by atoms with van der Waals surface area (Å²) in [6.45, 7) is 6.33. The van der Waals surface area contributed by atoms with Crippen LogP contribution < -0.4 is 0 Å². The molecule has 0 bridgehead atoms. The molecule has 0 aliphatic carbocycles. The fraction of sp³-hybridized carbons (Fsp3) is 0.635. The molecule has 1 atom stereocenters. The van der Waals surface area contributed by atoms with E-state index in [4.69, 9.17) is 14.2 Å². The number of esters is 3. The lowest BCUT2D eigenvalue weighted by Gasteiger charge is -2.18. The molecule has 0 heterocycles. The predicted octanol–water partition coefficient (Wildman–Crippen LogP) is 22.7. The molecule has 0 rings (SSSR count). The molecule has 0 aliphatic rings. The monoisotopic (exact) mass is 1100 g/mol. The molecule has 0 amide bonds. The zero-order chi connectivity index (χ0) is 57.8. The smallest absolute Gasteiger partial charge is 0.306 e. The first kappa shape index (κ1) is 75.3. The number of allylic oxidation sites excluding steroid dienone is 24. The SMILES string of the molecule is CC/C=C\C/C=C\C/C=C\C/C=C\C/C=C\C/C=C\CCCCCCCCCCCCCCCCC(=O)OCC(COC(=O)CCCCCCCC)OC(=O)CCCCCC/C=C\C/C=C\C/C=C\C/C=C\C/C=C\C/C=C\CC. The van der Waals surface area contributed by atoms with Gasteiger partial charge in [0.15, 0.2) is 6.10 Å². The summed E-state index contributed by atoms with van der Waals surface area (Å²) in [4.78, 5) is 38.0. The maximum Gasteiger partial charge on any atom is 0.306 e. The first-order chi connectivity index (χ1) is 39.5. The van der Waals surface area contributed by atoms with Gasteiger partial charge in [-0.2, -0.15) is 0 Å². The van der Waals surface area contributed by atoms with Gasteiger partial charge in [0.25, 0.3) is 0 Å². The molecule has 0 N–H and O–H groups in total. The second-order valence-corrected chi connectivity index (χ2v) is 21.3. The van der Waals surface area contributed by atoms with E-state index in [2.05, 4.69) is 167 Å². The molecule has 0 radical (unpaired) electrons. The van der Waals surface area contributed by atoms with Gasteiger partial charge in [0, 0.05) is 19.3 Å². The molecule has 1 unspecified atom stereocenters. The third kappa shape index (κ3) is 64.1. The second kappa shape index (κ2) is 66.8. The summed E-state index contributed by atoms with van der Waals surface area (Å²) in [6.07, 6.45) is 96.1. The molecule has 6 heteroatoms. The van der Waals surface area contributed by atoms with E-state index in [-0.39, 0.29) is 31.1 Å². The van der Waals surface area contributed by atoms with Crippen LogP contribution >= 0.6 is 0 Å². The Kier molecular flexibility index (Phi) is 62.9. The van der Waals surface area contributed by atoms with Crippen molar-refractivity contribution in [1.29, 1.82) is 0 Å². The summed E-state index contributed by atoms with van der Waals surface area (Å²) in [7, 11) is 0. The maximum atomic E-state index is 12.8. The number of ether oxygens (including phenoxy) is 3. The molecule has 0 aromatic rings. The van der Waals surface area contributed by atoms with Crippen molar-refractivity contribution in [3.05, 3.63) is 146 Å². The highest BCUT2D eigenvalue weighted by molar-refractivity contribution is 5.71. The maximum absolute atomic E-state index is 12.8. The lowest BCUT2D eigenvalue weighted by atomic mass is 10.0. The number of rotatable bonds is 58. The Morgan fingerprint density at radius 1 is 0.263 bits per heavy atom. The van der Waals surface area contributed by atoms with Gasteiger partial charge in [-0.3, -0.25) is 14.4 Å². The van der Waals surface area contributed by atoms with Crippen molar-refractivity contribution in [3.63, 3.8) is 0 Å². The summed E-state index contributed by atoms with van der Waals surface area (Å²) in [5, 5.41) is 0. The van der Waals surface area contributed by atoms with Crippen LogP contribution in [-0.4, -0.2) is 37.2 Å². The van der Waals surface area contributed by atoms with E-state index in [1.807, 2.05) is 0 Å². The molecule has 0 aromatic carbocycles. The summed E-state index contributed by atoms with van der Waals surface area (Å²) in [5.41, 5.74) is 0. The standard InChI is InChI=1S/C74H120O6/c1-4-7-10-13-16-18-20-22-24-26-28-30-32-33-34-35-36-37-38-39-40-41-43-44-46-48-50-52-54-56-58-61-64-67-73(76)79-70-71(69-78-72(75)66-63-60-15-12-9-6-3)80-74(77)68-65-62-59-57-55-53-51-49-47-45-42-31-29-27-25-23-21-19-17-14-11-8-5-2/h7-8,10-11,16-19,22-25,28-31,33-34,36-37,45,47,51,53,71H,4-6,9,12-15,20-21,26-27,32,35,38-44,46,48-50,52,54-70H2,1-3H3/b10-7-,11-8-,18-16-,19-17-,24-22-,25-23-,30-28-,31-29-,34-33-,37-36-,47-45-,53-51-. The van der Waals surface area contributed by atoms with Gasteiger partial charge in [-0.25, -0.2) is 0 Å². The highest BCUT2D eigenvalue weighted by Crippen LogP contribution is 2.16. The van der Waals surface area contributed by atoms with Gasteiger partial charge >= 0.3 is 17.9 Å². The molecule has 80 heavy (non-hydrogen) atoms. The molecule has 0 saturated carbocycles. The summed E-state index contributed by atoms with van der Waals surface area (Å²) in [6, 6.07) is 0. The normalized spacial score (nSPS) is 13.1. The number of carbonyl (C=O) groups is 3. The van der Waals surface area contributed by atoms with Gasteiger partial charge in [-0.05, 0) is 122 Å². The topological polar surface area (TPSA) is 78.9 Å². The minimum atomic E-state index is -0.794. The fourth-order valence-electron chi connectivity index (χ4n) is 8.74. The lowest BCUT2D eigenvalue weighted by molar-refractivity contribution is -0.167. The van der Waals surface area contributed by atoms with Crippen LogP contribution in [-0.2, 0) is 28.6 Å². The quantitative estimate of drug-likeness (QED) is 0.0261. The van der Waals surface area contributed by atoms with Crippen LogP contribution in [0.25, 0.3) is 0 Å². The van der Waals surface area contributed by atoms with Crippen LogP contribution in [0, 0.1) is 0 Å². The fourth-order valence-corrected chi connectivity index (χ4v) is 8.74. The van der Waals surface area contributed by atoms with Gasteiger partial charge in [0.1, 0.15) is 13.2 Å². The molecule has 0 aliphatic heterocycles. The van der Waals surface area contributed by atoms with E-state index in [9.17, 15) is 14.4 Å². The van der Waals surface area contributed by atoms with Gasteiger partial charge in [0.2, 0.25) is 0 Å².